The van der Waals surface area contributed by atoms with E-state index in [0.29, 0.717) is 12.8 Å². The highest BCUT2D eigenvalue weighted by atomic mass is 16.6. The Kier molecular flexibility index (Phi) is 20.9. The lowest BCUT2D eigenvalue weighted by Gasteiger charge is -2.33. The minimum atomic E-state index is -0.871. The summed E-state index contributed by atoms with van der Waals surface area (Å²) in [7, 11) is 0. The van der Waals surface area contributed by atoms with Gasteiger partial charge in [0.05, 0.1) is 58.3 Å². The molecule has 0 fully saturated rings. The Balaban J connectivity index is 5.15. The fraction of sp³-hybridized carbons (Fsp3) is 0.655. The van der Waals surface area contributed by atoms with Gasteiger partial charge >= 0.3 is 23.9 Å². The summed E-state index contributed by atoms with van der Waals surface area (Å²) in [4.78, 5) is 45.8. The first-order valence-corrected chi connectivity index (χ1v) is 13.3. The van der Waals surface area contributed by atoms with Crippen LogP contribution in [-0.2, 0) is 57.1 Å². The van der Waals surface area contributed by atoms with Gasteiger partial charge in [-0.1, -0.05) is 40.5 Å². The van der Waals surface area contributed by atoms with Gasteiger partial charge in [0.1, 0.15) is 26.4 Å². The fourth-order valence-corrected chi connectivity index (χ4v) is 2.95. The van der Waals surface area contributed by atoms with Gasteiger partial charge in [-0.2, -0.15) is 0 Å². The molecule has 0 spiro atoms. The van der Waals surface area contributed by atoms with Crippen LogP contribution in [0.1, 0.15) is 33.6 Å². The molecule has 0 aromatic carbocycles. The van der Waals surface area contributed by atoms with Gasteiger partial charge < -0.3 is 37.9 Å². The van der Waals surface area contributed by atoms with Crippen LogP contribution in [-0.4, -0.2) is 103 Å². The molecule has 0 heterocycles. The molecule has 0 aliphatic heterocycles. The zero-order valence-electron chi connectivity index (χ0n) is 24.7. The number of rotatable bonds is 25. The zero-order chi connectivity index (χ0) is 31.0. The van der Waals surface area contributed by atoms with Crippen molar-refractivity contribution in [1.29, 1.82) is 0 Å². The van der Waals surface area contributed by atoms with Crippen molar-refractivity contribution < 1.29 is 57.1 Å². The Morgan fingerprint density at radius 1 is 0.537 bits per heavy atom. The third-order valence-corrected chi connectivity index (χ3v) is 5.12. The Bertz CT molecular complexity index is 741. The lowest BCUT2D eigenvalue weighted by Crippen LogP contribution is -2.43. The van der Waals surface area contributed by atoms with E-state index in [1.54, 1.807) is 0 Å². The van der Waals surface area contributed by atoms with Gasteiger partial charge in [-0.05, 0) is 11.8 Å². The number of carbonyl (C=O) groups is 4. The molecule has 0 aromatic heterocycles. The standard InChI is InChI=1S/C29H46O12/c1-7-24(30)38-16-12-34-20-29(21-35-13-17-39-25(31)8-2,22-36-14-18-40-26(32)9-3)23-37-15-19-41-27(33)10-11-28(4,5)6/h7-9H,1-3,10-23H2,4-6H3. The number of hydrogen-bond donors (Lipinski definition) is 0. The zero-order valence-corrected chi connectivity index (χ0v) is 24.7. The van der Waals surface area contributed by atoms with Crippen LogP contribution in [0.4, 0.5) is 0 Å². The van der Waals surface area contributed by atoms with Crippen molar-refractivity contribution >= 4 is 23.9 Å². The van der Waals surface area contributed by atoms with E-state index in [1.807, 2.05) is 20.8 Å². The lowest BCUT2D eigenvalue weighted by atomic mass is 9.91. The van der Waals surface area contributed by atoms with Crippen LogP contribution in [0.2, 0.25) is 0 Å². The monoisotopic (exact) mass is 586 g/mol. The first-order valence-electron chi connectivity index (χ1n) is 13.3. The Labute approximate surface area is 242 Å². The second-order valence-corrected chi connectivity index (χ2v) is 10.1. The summed E-state index contributed by atoms with van der Waals surface area (Å²) in [6.07, 6.45) is 4.16. The second-order valence-electron chi connectivity index (χ2n) is 10.1. The molecule has 12 heteroatoms. The van der Waals surface area contributed by atoms with E-state index in [0.717, 1.165) is 18.2 Å². The maximum Gasteiger partial charge on any atom is 0.330 e. The quantitative estimate of drug-likeness (QED) is 0.0672. The Morgan fingerprint density at radius 2 is 0.854 bits per heavy atom. The summed E-state index contributed by atoms with van der Waals surface area (Å²) in [5.74, 6) is -2.03. The molecule has 0 saturated heterocycles. The van der Waals surface area contributed by atoms with E-state index in [-0.39, 0.29) is 90.7 Å². The largest absolute Gasteiger partial charge is 0.463 e. The highest BCUT2D eigenvalue weighted by Crippen LogP contribution is 2.22. The van der Waals surface area contributed by atoms with E-state index >= 15 is 0 Å². The normalized spacial score (nSPS) is 11.3. The smallest absolute Gasteiger partial charge is 0.330 e. The van der Waals surface area contributed by atoms with Crippen LogP contribution in [0.15, 0.2) is 38.0 Å². The average molecular weight is 587 g/mol. The minimum absolute atomic E-state index is 0.00301. The van der Waals surface area contributed by atoms with Gasteiger partial charge in [-0.25, -0.2) is 14.4 Å². The third kappa shape index (κ3) is 22.3. The van der Waals surface area contributed by atoms with E-state index < -0.39 is 23.3 Å². The van der Waals surface area contributed by atoms with E-state index in [2.05, 4.69) is 19.7 Å². The van der Waals surface area contributed by atoms with Gasteiger partial charge in [-0.3, -0.25) is 4.79 Å². The van der Waals surface area contributed by atoms with Crippen LogP contribution in [0.25, 0.3) is 0 Å². The van der Waals surface area contributed by atoms with Crippen molar-refractivity contribution in [2.75, 3.05) is 79.3 Å². The predicted octanol–water partition coefficient (Wildman–Crippen LogP) is 2.60. The summed E-state index contributed by atoms with van der Waals surface area (Å²) < 4.78 is 43.1. The van der Waals surface area contributed by atoms with Crippen LogP contribution in [0.5, 0.6) is 0 Å². The molecule has 0 bridgehead atoms. The molecule has 0 aliphatic carbocycles. The maximum atomic E-state index is 12.0. The van der Waals surface area contributed by atoms with Crippen molar-refractivity contribution in [3.05, 3.63) is 38.0 Å². The summed E-state index contributed by atoms with van der Waals surface area (Å²) in [6, 6.07) is 0. The summed E-state index contributed by atoms with van der Waals surface area (Å²) >= 11 is 0. The molecule has 0 aromatic rings. The molecule has 0 N–H and O–H groups in total. The Hall–Kier alpha value is -3.06. The van der Waals surface area contributed by atoms with Crippen LogP contribution in [0, 0.1) is 10.8 Å². The lowest BCUT2D eigenvalue weighted by molar-refractivity contribution is -0.149. The molecule has 0 saturated carbocycles. The van der Waals surface area contributed by atoms with E-state index in [4.69, 9.17) is 37.9 Å². The van der Waals surface area contributed by atoms with Crippen molar-refractivity contribution in [3.8, 4) is 0 Å². The van der Waals surface area contributed by atoms with E-state index in [9.17, 15) is 19.2 Å². The SMILES string of the molecule is C=CC(=O)OCCOCC(COCCOC(=O)C=C)(COCCOC(=O)C=C)COCCOC(=O)CCC(C)(C)C. The van der Waals surface area contributed by atoms with E-state index in [1.165, 1.54) is 0 Å². The van der Waals surface area contributed by atoms with Crippen molar-refractivity contribution in [2.24, 2.45) is 10.8 Å². The molecular formula is C29H46O12. The van der Waals surface area contributed by atoms with Crippen LogP contribution < -0.4 is 0 Å². The molecule has 0 rings (SSSR count). The molecule has 0 unspecified atom stereocenters. The van der Waals surface area contributed by atoms with Crippen molar-refractivity contribution in [3.63, 3.8) is 0 Å². The maximum absolute atomic E-state index is 12.0. The summed E-state index contributed by atoms with van der Waals surface area (Å²) in [6.45, 7) is 16.9. The number of ether oxygens (including phenoxy) is 8. The van der Waals surface area contributed by atoms with Crippen molar-refractivity contribution in [2.45, 2.75) is 33.6 Å². The topological polar surface area (TPSA) is 142 Å². The second kappa shape index (κ2) is 22.6. The van der Waals surface area contributed by atoms with Gasteiger partial charge in [0.2, 0.25) is 0 Å². The predicted molar refractivity (Wildman–Crippen MR) is 149 cm³/mol. The molecular weight excluding hydrogens is 540 g/mol. The molecule has 0 aliphatic rings. The Morgan fingerprint density at radius 3 is 1.15 bits per heavy atom. The van der Waals surface area contributed by atoms with Crippen molar-refractivity contribution in [1.82, 2.24) is 0 Å². The molecule has 12 nitrogen and oxygen atoms in total. The van der Waals surface area contributed by atoms with Gasteiger partial charge in [0.15, 0.2) is 0 Å². The molecule has 0 atom stereocenters. The molecule has 41 heavy (non-hydrogen) atoms. The number of esters is 4. The van der Waals surface area contributed by atoms with Gasteiger partial charge in [0.25, 0.3) is 0 Å². The third-order valence-electron chi connectivity index (χ3n) is 5.12. The first kappa shape index (κ1) is 37.9. The highest BCUT2D eigenvalue weighted by Gasteiger charge is 2.33. The van der Waals surface area contributed by atoms with Gasteiger partial charge in [-0.15, -0.1) is 0 Å². The average Bonchev–Trinajstić information content (AvgIpc) is 2.94. The van der Waals surface area contributed by atoms with Crippen LogP contribution in [0.3, 0.4) is 0 Å². The first-order chi connectivity index (χ1) is 19.5. The van der Waals surface area contributed by atoms with Crippen LogP contribution >= 0.6 is 0 Å². The highest BCUT2D eigenvalue weighted by molar-refractivity contribution is 5.81. The summed E-state index contributed by atoms with van der Waals surface area (Å²) in [5.41, 5.74) is -0.850. The minimum Gasteiger partial charge on any atom is -0.463 e. The number of hydrogen-bond acceptors (Lipinski definition) is 12. The molecule has 234 valence electrons. The number of carbonyl (C=O) groups excluding carboxylic acids is 4. The fourth-order valence-electron chi connectivity index (χ4n) is 2.95. The molecule has 0 radical (unpaired) electrons. The summed E-state index contributed by atoms with van der Waals surface area (Å²) in [5, 5.41) is 0. The van der Waals surface area contributed by atoms with Gasteiger partial charge in [0, 0.05) is 24.6 Å². The molecule has 0 amide bonds.